The minimum Gasteiger partial charge on any atom is -0.473 e. The van der Waals surface area contributed by atoms with E-state index in [1.54, 1.807) is 0 Å². The van der Waals surface area contributed by atoms with Gasteiger partial charge < -0.3 is 14.6 Å². The van der Waals surface area contributed by atoms with Crippen molar-refractivity contribution in [1.29, 1.82) is 0 Å². The molecular weight excluding hydrogens is 419 g/mol. The van der Waals surface area contributed by atoms with Gasteiger partial charge in [0.1, 0.15) is 5.56 Å². The number of carboxylic acid groups (broad SMARTS) is 1. The van der Waals surface area contributed by atoms with Crippen molar-refractivity contribution in [2.24, 2.45) is 11.3 Å². The molecule has 6 nitrogen and oxygen atoms in total. The number of halogens is 3. The van der Waals surface area contributed by atoms with Crippen LogP contribution in [-0.4, -0.2) is 29.6 Å². The third-order valence-electron chi connectivity index (χ3n) is 4.84. The van der Waals surface area contributed by atoms with E-state index in [0.29, 0.717) is 0 Å². The first kappa shape index (κ1) is 23.5. The summed E-state index contributed by atoms with van der Waals surface area (Å²) in [5.41, 5.74) is -0.677. The number of hydrogen-bond donors (Lipinski definition) is 1. The van der Waals surface area contributed by atoms with Gasteiger partial charge in [-0.1, -0.05) is 68.9 Å². The third-order valence-corrected chi connectivity index (χ3v) is 5.91. The van der Waals surface area contributed by atoms with Crippen LogP contribution < -0.4 is 4.74 Å². The second-order valence-electron chi connectivity index (χ2n) is 6.45. The Kier molecular flexibility index (Phi) is 8.39. The highest BCUT2D eigenvalue weighted by molar-refractivity contribution is 6.46. The van der Waals surface area contributed by atoms with Gasteiger partial charge in [-0.2, -0.15) is 0 Å². The van der Waals surface area contributed by atoms with Crippen LogP contribution in [0.4, 0.5) is 0 Å². The Morgan fingerprint density at radius 3 is 2.26 bits per heavy atom. The lowest BCUT2D eigenvalue weighted by Crippen LogP contribution is -2.31. The topological polar surface area (TPSA) is 89.9 Å². The molecule has 0 aliphatic carbocycles. The van der Waals surface area contributed by atoms with E-state index in [1.807, 2.05) is 20.8 Å². The second kappa shape index (κ2) is 9.62. The molecule has 1 aromatic carbocycles. The first-order valence-corrected chi connectivity index (χ1v) is 9.41. The van der Waals surface area contributed by atoms with Gasteiger partial charge in [0.05, 0.1) is 21.7 Å². The van der Waals surface area contributed by atoms with E-state index < -0.39 is 29.2 Å². The Morgan fingerprint density at radius 2 is 1.78 bits per heavy atom. The van der Waals surface area contributed by atoms with Crippen LogP contribution in [0.2, 0.25) is 15.1 Å². The summed E-state index contributed by atoms with van der Waals surface area (Å²) >= 11 is 18.0. The molecule has 0 bridgehead atoms. The SMILES string of the molecule is CCC(C)C(C)(CC)COC(=O)c1c(Cl)c(Cl)cc(Cl)c1OC(=O)C(=O)O. The fraction of sp³-hybridized carbons (Fsp3) is 0.500. The number of esters is 2. The van der Waals surface area contributed by atoms with Crippen LogP contribution in [0.1, 0.15) is 50.9 Å². The average molecular weight is 440 g/mol. The van der Waals surface area contributed by atoms with Gasteiger partial charge in [0.25, 0.3) is 0 Å². The standard InChI is InChI=1S/C18H21Cl3O6/c1-5-9(3)18(4,6-2)8-26-16(24)12-13(21)10(19)7-11(20)14(12)27-17(25)15(22)23/h7,9H,5-6,8H2,1-4H3,(H,22,23). The lowest BCUT2D eigenvalue weighted by Gasteiger charge is -2.33. The predicted octanol–water partition coefficient (Wildman–Crippen LogP) is 5.26. The van der Waals surface area contributed by atoms with Crippen molar-refractivity contribution in [3.05, 3.63) is 26.7 Å². The molecule has 0 heterocycles. The summed E-state index contributed by atoms with van der Waals surface area (Å²) in [5, 5.41) is 8.17. The normalized spacial score (nSPS) is 14.2. The number of carbonyl (C=O) groups is 3. The maximum Gasteiger partial charge on any atom is 0.422 e. The molecule has 1 N–H and O–H groups in total. The molecule has 2 unspecified atom stereocenters. The summed E-state index contributed by atoms with van der Waals surface area (Å²) in [5.74, 6) is -4.63. The van der Waals surface area contributed by atoms with Gasteiger partial charge in [-0.05, 0) is 18.4 Å². The Hall–Kier alpha value is -1.50. The van der Waals surface area contributed by atoms with Gasteiger partial charge in [0.15, 0.2) is 5.75 Å². The summed E-state index contributed by atoms with van der Waals surface area (Å²) in [7, 11) is 0. The number of hydrogen-bond acceptors (Lipinski definition) is 5. The summed E-state index contributed by atoms with van der Waals surface area (Å²) in [6, 6.07) is 1.14. The molecule has 9 heteroatoms. The van der Waals surface area contributed by atoms with Crippen LogP contribution in [-0.2, 0) is 14.3 Å². The van der Waals surface area contributed by atoms with Crippen molar-refractivity contribution < 1.29 is 29.0 Å². The number of rotatable bonds is 7. The third kappa shape index (κ3) is 5.50. The molecule has 2 atom stereocenters. The Labute approximate surface area is 172 Å². The highest BCUT2D eigenvalue weighted by atomic mass is 35.5. The van der Waals surface area contributed by atoms with Crippen molar-refractivity contribution in [2.45, 2.75) is 40.5 Å². The van der Waals surface area contributed by atoms with E-state index in [4.69, 9.17) is 49.4 Å². The van der Waals surface area contributed by atoms with Crippen molar-refractivity contribution in [3.8, 4) is 5.75 Å². The zero-order valence-corrected chi connectivity index (χ0v) is 17.7. The highest BCUT2D eigenvalue weighted by Gasteiger charge is 2.32. The maximum atomic E-state index is 12.7. The van der Waals surface area contributed by atoms with Gasteiger partial charge in [-0.25, -0.2) is 14.4 Å². The van der Waals surface area contributed by atoms with Gasteiger partial charge in [0.2, 0.25) is 0 Å². The number of carboxylic acids is 1. The van der Waals surface area contributed by atoms with Crippen molar-refractivity contribution in [3.63, 3.8) is 0 Å². The van der Waals surface area contributed by atoms with E-state index in [9.17, 15) is 14.4 Å². The predicted molar refractivity (Wildman–Crippen MR) is 103 cm³/mol. The van der Waals surface area contributed by atoms with Crippen LogP contribution in [0.25, 0.3) is 0 Å². The number of benzene rings is 1. The van der Waals surface area contributed by atoms with Crippen LogP contribution in [0, 0.1) is 11.3 Å². The van der Waals surface area contributed by atoms with Crippen LogP contribution in [0.15, 0.2) is 6.07 Å². The van der Waals surface area contributed by atoms with Crippen LogP contribution >= 0.6 is 34.8 Å². The minimum atomic E-state index is -1.85. The van der Waals surface area contributed by atoms with Gasteiger partial charge >= 0.3 is 17.9 Å². The molecule has 0 amide bonds. The molecule has 0 spiro atoms. The monoisotopic (exact) mass is 438 g/mol. The maximum absolute atomic E-state index is 12.7. The van der Waals surface area contributed by atoms with Gasteiger partial charge in [0, 0.05) is 5.41 Å². The zero-order valence-electron chi connectivity index (χ0n) is 15.4. The van der Waals surface area contributed by atoms with Crippen molar-refractivity contribution in [1.82, 2.24) is 0 Å². The molecule has 150 valence electrons. The first-order chi connectivity index (χ1) is 12.5. The second-order valence-corrected chi connectivity index (χ2v) is 7.64. The summed E-state index contributed by atoms with van der Waals surface area (Å²) in [6.45, 7) is 8.16. The molecule has 27 heavy (non-hydrogen) atoms. The van der Waals surface area contributed by atoms with E-state index in [-0.39, 0.29) is 33.0 Å². The van der Waals surface area contributed by atoms with Gasteiger partial charge in [-0.15, -0.1) is 0 Å². The quantitative estimate of drug-likeness (QED) is 0.270. The van der Waals surface area contributed by atoms with Crippen LogP contribution in [0.3, 0.4) is 0 Å². The number of aliphatic carboxylic acids is 1. The molecule has 0 saturated heterocycles. The minimum absolute atomic E-state index is 0.0658. The summed E-state index contributed by atoms with van der Waals surface area (Å²) in [4.78, 5) is 34.8. The van der Waals surface area contributed by atoms with Crippen molar-refractivity contribution >= 4 is 52.7 Å². The Morgan fingerprint density at radius 1 is 1.19 bits per heavy atom. The molecular formula is C18H21Cl3O6. The van der Waals surface area contributed by atoms with Crippen molar-refractivity contribution in [2.75, 3.05) is 6.61 Å². The molecule has 0 aliphatic rings. The molecule has 1 rings (SSSR count). The number of carbonyl (C=O) groups excluding carboxylic acids is 2. The lowest BCUT2D eigenvalue weighted by molar-refractivity contribution is -0.158. The lowest BCUT2D eigenvalue weighted by atomic mass is 9.75. The largest absolute Gasteiger partial charge is 0.473 e. The zero-order chi connectivity index (χ0) is 20.9. The van der Waals surface area contributed by atoms with E-state index >= 15 is 0 Å². The fourth-order valence-electron chi connectivity index (χ4n) is 2.39. The molecule has 1 aromatic rings. The van der Waals surface area contributed by atoms with E-state index in [2.05, 4.69) is 6.92 Å². The van der Waals surface area contributed by atoms with E-state index in [1.165, 1.54) is 0 Å². The molecule has 0 radical (unpaired) electrons. The van der Waals surface area contributed by atoms with Crippen LogP contribution in [0.5, 0.6) is 5.75 Å². The average Bonchev–Trinajstić information content (AvgIpc) is 2.62. The number of ether oxygens (including phenoxy) is 2. The smallest absolute Gasteiger partial charge is 0.422 e. The molecule has 0 aliphatic heterocycles. The molecule has 0 fully saturated rings. The molecule has 0 saturated carbocycles. The summed E-state index contributed by atoms with van der Waals surface area (Å²) in [6.07, 6.45) is 1.66. The molecule has 0 aromatic heterocycles. The highest BCUT2D eigenvalue weighted by Crippen LogP contribution is 2.40. The Bertz CT molecular complexity index is 749. The fourth-order valence-corrected chi connectivity index (χ4v) is 3.10. The van der Waals surface area contributed by atoms with E-state index in [0.717, 1.165) is 18.9 Å². The first-order valence-electron chi connectivity index (χ1n) is 8.28. The Balaban J connectivity index is 3.25. The summed E-state index contributed by atoms with van der Waals surface area (Å²) < 4.78 is 10.1. The van der Waals surface area contributed by atoms with Gasteiger partial charge in [-0.3, -0.25) is 0 Å².